The Bertz CT molecular complexity index is 1150. The summed E-state index contributed by atoms with van der Waals surface area (Å²) in [4.78, 5) is 41.0. The molecule has 0 N–H and O–H groups in total. The van der Waals surface area contributed by atoms with E-state index in [0.29, 0.717) is 35.7 Å². The molecule has 1 aromatic heterocycles. The SMILES string of the molecule is Cc1cc(-c2ccc(N3C[C@H](COP(=O)([O-])[O-])OC3=O)cc2F)cnc1N1CCS(=O)CC1.[Na+].[Na+]. The van der Waals surface area contributed by atoms with Crippen molar-refractivity contribution in [3.05, 3.63) is 41.8 Å². The number of ether oxygens (including phenoxy) is 1. The van der Waals surface area contributed by atoms with Gasteiger partial charge in [-0.15, -0.1) is 0 Å². The minimum atomic E-state index is -5.19. The van der Waals surface area contributed by atoms with E-state index in [9.17, 15) is 27.7 Å². The summed E-state index contributed by atoms with van der Waals surface area (Å²) in [6.45, 7) is 2.50. The number of hydrogen-bond donors (Lipinski definition) is 0. The number of rotatable bonds is 6. The maximum Gasteiger partial charge on any atom is 1.00 e. The molecule has 2 aromatic rings. The Hall–Kier alpha value is -0.370. The van der Waals surface area contributed by atoms with Crippen molar-refractivity contribution in [2.45, 2.75) is 13.0 Å². The first kappa shape index (κ1) is 30.9. The van der Waals surface area contributed by atoms with Crippen molar-refractivity contribution < 1.29 is 96.1 Å². The number of hydrogen-bond acceptors (Lipinski definition) is 9. The van der Waals surface area contributed by atoms with Crippen LogP contribution in [0.2, 0.25) is 0 Å². The number of nitrogens with zero attached hydrogens (tertiary/aromatic N) is 3. The smallest absolute Gasteiger partial charge is 0.790 e. The molecule has 1 amide bonds. The minimum absolute atomic E-state index is 0. The molecule has 0 bridgehead atoms. The van der Waals surface area contributed by atoms with Crippen LogP contribution in [-0.2, 0) is 24.6 Å². The van der Waals surface area contributed by atoms with E-state index in [1.165, 1.54) is 18.2 Å². The van der Waals surface area contributed by atoms with E-state index in [2.05, 4.69) is 14.4 Å². The molecule has 2 aliphatic heterocycles. The van der Waals surface area contributed by atoms with E-state index in [4.69, 9.17) is 4.74 Å². The van der Waals surface area contributed by atoms with Crippen molar-refractivity contribution in [2.75, 3.05) is 47.5 Å². The number of cyclic esters (lactones) is 1. The van der Waals surface area contributed by atoms with Gasteiger partial charge in [0, 0.05) is 52.7 Å². The zero-order valence-electron chi connectivity index (χ0n) is 19.6. The Morgan fingerprint density at radius 2 is 1.94 bits per heavy atom. The van der Waals surface area contributed by atoms with Gasteiger partial charge in [-0.2, -0.15) is 0 Å². The molecule has 0 spiro atoms. The zero-order chi connectivity index (χ0) is 23.8. The molecule has 178 valence electrons. The summed E-state index contributed by atoms with van der Waals surface area (Å²) in [6, 6.07) is 6.06. The van der Waals surface area contributed by atoms with Crippen LogP contribution < -0.4 is 78.7 Å². The summed E-state index contributed by atoms with van der Waals surface area (Å²) in [5.74, 6) is 1.39. The van der Waals surface area contributed by atoms with Crippen molar-refractivity contribution >= 4 is 36.2 Å². The molecule has 4 rings (SSSR count). The van der Waals surface area contributed by atoms with Gasteiger partial charge in [0.05, 0.1) is 26.7 Å². The van der Waals surface area contributed by atoms with E-state index in [1.54, 1.807) is 6.20 Å². The van der Waals surface area contributed by atoms with Crippen LogP contribution in [0.4, 0.5) is 20.7 Å². The normalized spacial score (nSPS) is 18.6. The molecule has 15 heteroatoms. The Kier molecular flexibility index (Phi) is 11.4. The molecule has 0 aliphatic carbocycles. The van der Waals surface area contributed by atoms with Crippen molar-refractivity contribution in [2.24, 2.45) is 0 Å². The fourth-order valence-electron chi connectivity index (χ4n) is 3.80. The van der Waals surface area contributed by atoms with Gasteiger partial charge in [-0.05, 0) is 36.8 Å². The van der Waals surface area contributed by atoms with E-state index in [0.717, 1.165) is 16.3 Å². The van der Waals surface area contributed by atoms with E-state index in [-0.39, 0.29) is 71.3 Å². The molecule has 0 radical (unpaired) electrons. The molecule has 35 heavy (non-hydrogen) atoms. The van der Waals surface area contributed by atoms with Crippen LogP contribution in [0.3, 0.4) is 0 Å². The quantitative estimate of drug-likeness (QED) is 0.259. The second kappa shape index (κ2) is 12.9. The van der Waals surface area contributed by atoms with Crippen LogP contribution in [0.5, 0.6) is 0 Å². The molecule has 2 aliphatic rings. The fraction of sp³-hybridized carbons (Fsp3) is 0.400. The summed E-state index contributed by atoms with van der Waals surface area (Å²) in [6.07, 6.45) is -0.192. The number of pyridine rings is 1. The number of anilines is 2. The van der Waals surface area contributed by atoms with Crippen LogP contribution in [0.1, 0.15) is 5.56 Å². The molecular formula is C20H21FN3Na2O7PS. The number of aromatic nitrogens is 1. The maximum atomic E-state index is 15.0. The van der Waals surface area contributed by atoms with Gasteiger partial charge >= 0.3 is 65.2 Å². The van der Waals surface area contributed by atoms with Gasteiger partial charge < -0.3 is 28.5 Å². The number of amides is 1. The summed E-state index contributed by atoms with van der Waals surface area (Å²) in [5.41, 5.74) is 1.95. The Morgan fingerprint density at radius 1 is 1.26 bits per heavy atom. The third-order valence-corrected chi connectivity index (χ3v) is 7.14. The molecule has 10 nitrogen and oxygen atoms in total. The van der Waals surface area contributed by atoms with Crippen molar-refractivity contribution in [1.82, 2.24) is 4.98 Å². The van der Waals surface area contributed by atoms with Gasteiger partial charge in [0.2, 0.25) is 0 Å². The average Bonchev–Trinajstić information content (AvgIpc) is 3.13. The standard InChI is InChI=1S/C20H23FN3O7PS.2Na/c1-13-8-14(10-22-19(13)23-4-6-33(29)7-5-23)17-3-2-15(9-18(17)21)24-11-16(31-20(24)25)12-30-32(26,27)28;;/h2-3,8-10,16H,4-7,11-12H2,1H3,(H2,26,27,28);;/q;2*+1/p-2/t16-;;/m1../s1. The summed E-state index contributed by atoms with van der Waals surface area (Å²) < 4.78 is 46.3. The molecule has 0 unspecified atom stereocenters. The number of phosphoric acid groups is 1. The number of phosphoric ester groups is 1. The number of carbonyl (C=O) groups is 1. The second-order valence-electron chi connectivity index (χ2n) is 7.72. The molecule has 2 saturated heterocycles. The predicted octanol–water partition coefficient (Wildman–Crippen LogP) is -5.06. The van der Waals surface area contributed by atoms with Crippen LogP contribution in [0.25, 0.3) is 11.1 Å². The van der Waals surface area contributed by atoms with Crippen molar-refractivity contribution in [3.63, 3.8) is 0 Å². The molecule has 0 saturated carbocycles. The third kappa shape index (κ3) is 7.81. The van der Waals surface area contributed by atoms with Crippen LogP contribution in [0.15, 0.2) is 30.5 Å². The second-order valence-corrected chi connectivity index (χ2v) is 10.6. The first-order valence-electron chi connectivity index (χ1n) is 10.1. The average molecular weight is 543 g/mol. The first-order valence-corrected chi connectivity index (χ1v) is 13.1. The first-order chi connectivity index (χ1) is 15.6. The third-order valence-electron chi connectivity index (χ3n) is 5.40. The fourth-order valence-corrected chi connectivity index (χ4v) is 5.20. The van der Waals surface area contributed by atoms with Crippen LogP contribution >= 0.6 is 7.82 Å². The topological polar surface area (TPSA) is 135 Å². The largest absolute Gasteiger partial charge is 1.00 e. The number of carbonyl (C=O) groups excluding carboxylic acids is 1. The summed E-state index contributed by atoms with van der Waals surface area (Å²) in [5, 5.41) is 0. The summed E-state index contributed by atoms with van der Waals surface area (Å²) in [7, 11) is -5.99. The Balaban J connectivity index is 0.00000216. The van der Waals surface area contributed by atoms with Crippen LogP contribution in [-0.4, -0.2) is 59.1 Å². The van der Waals surface area contributed by atoms with Gasteiger partial charge in [0.1, 0.15) is 17.7 Å². The van der Waals surface area contributed by atoms with Gasteiger partial charge in [0.15, 0.2) is 0 Å². The molecule has 2 fully saturated rings. The van der Waals surface area contributed by atoms with Gasteiger partial charge in [-0.1, -0.05) is 0 Å². The zero-order valence-corrected chi connectivity index (χ0v) is 25.4. The van der Waals surface area contributed by atoms with Gasteiger partial charge in [-0.3, -0.25) is 9.11 Å². The van der Waals surface area contributed by atoms with Crippen molar-refractivity contribution in [1.29, 1.82) is 0 Å². The van der Waals surface area contributed by atoms with E-state index < -0.39 is 43.2 Å². The van der Waals surface area contributed by atoms with Crippen molar-refractivity contribution in [3.8, 4) is 11.1 Å². The van der Waals surface area contributed by atoms with Crippen LogP contribution in [0, 0.1) is 12.7 Å². The molecule has 1 aromatic carbocycles. The van der Waals surface area contributed by atoms with Gasteiger partial charge in [-0.25, -0.2) is 14.2 Å². The van der Waals surface area contributed by atoms with E-state index >= 15 is 0 Å². The maximum absolute atomic E-state index is 15.0. The minimum Gasteiger partial charge on any atom is -0.790 e. The predicted molar refractivity (Wildman–Crippen MR) is 116 cm³/mol. The number of halogens is 1. The monoisotopic (exact) mass is 543 g/mol. The number of benzene rings is 1. The van der Waals surface area contributed by atoms with Gasteiger partial charge in [0.25, 0.3) is 0 Å². The molecule has 3 heterocycles. The Labute approximate surface area is 248 Å². The Morgan fingerprint density at radius 3 is 2.54 bits per heavy atom. The molecule has 1 atom stereocenters. The molecular weight excluding hydrogens is 522 g/mol. The van der Waals surface area contributed by atoms with E-state index in [1.807, 2.05) is 13.0 Å². The summed E-state index contributed by atoms with van der Waals surface area (Å²) >= 11 is 0. The number of aryl methyl sites for hydroxylation is 1.